The number of ether oxygens (including phenoxy) is 1. The fraction of sp³-hybridized carbons (Fsp3) is 0.633. The summed E-state index contributed by atoms with van der Waals surface area (Å²) in [4.78, 5) is 39.9. The van der Waals surface area contributed by atoms with Crippen molar-refractivity contribution in [1.29, 1.82) is 0 Å². The fourth-order valence-corrected chi connectivity index (χ4v) is 7.02. The van der Waals surface area contributed by atoms with Crippen molar-refractivity contribution in [2.24, 2.45) is 22.7 Å². The molecular formula is C30H41NO6. The van der Waals surface area contributed by atoms with E-state index in [1.54, 1.807) is 6.92 Å². The topological polar surface area (TPSA) is 106 Å². The van der Waals surface area contributed by atoms with Crippen LogP contribution < -0.4 is 0 Å². The smallest absolute Gasteiger partial charge is 0.325 e. The molecule has 202 valence electrons. The fourth-order valence-electron chi connectivity index (χ4n) is 7.02. The van der Waals surface area contributed by atoms with Crippen LogP contribution in [0.3, 0.4) is 0 Å². The van der Waals surface area contributed by atoms with Crippen molar-refractivity contribution in [2.75, 3.05) is 6.61 Å². The summed E-state index contributed by atoms with van der Waals surface area (Å²) in [6, 6.07) is 7.61. The number of carbonyl (C=O) groups excluding carboxylic acids is 3. The van der Waals surface area contributed by atoms with E-state index in [-0.39, 0.29) is 41.5 Å². The van der Waals surface area contributed by atoms with Gasteiger partial charge in [-0.15, -0.1) is 0 Å². The van der Waals surface area contributed by atoms with Crippen LogP contribution in [0.2, 0.25) is 0 Å². The number of rotatable bonds is 6. The summed E-state index contributed by atoms with van der Waals surface area (Å²) in [5.74, 6) is -2.89. The van der Waals surface area contributed by atoms with Gasteiger partial charge in [0.2, 0.25) is 0 Å². The van der Waals surface area contributed by atoms with Gasteiger partial charge in [0.05, 0.1) is 30.7 Å². The van der Waals surface area contributed by atoms with E-state index < -0.39 is 30.0 Å². The summed E-state index contributed by atoms with van der Waals surface area (Å²) >= 11 is 0. The highest BCUT2D eigenvalue weighted by Gasteiger charge is 2.53. The predicted octanol–water partition coefficient (Wildman–Crippen LogP) is 4.33. The Morgan fingerprint density at radius 2 is 1.51 bits per heavy atom. The Morgan fingerprint density at radius 1 is 1.00 bits per heavy atom. The van der Waals surface area contributed by atoms with Gasteiger partial charge in [-0.05, 0) is 49.1 Å². The molecule has 0 saturated heterocycles. The Balaban J connectivity index is 1.93. The van der Waals surface area contributed by atoms with E-state index in [4.69, 9.17) is 4.74 Å². The Bertz CT molecular complexity index is 1170. The van der Waals surface area contributed by atoms with E-state index in [9.17, 15) is 24.6 Å². The average molecular weight is 512 g/mol. The zero-order chi connectivity index (χ0) is 27.3. The number of carbonyl (C=O) groups is 3. The van der Waals surface area contributed by atoms with Crippen LogP contribution in [0, 0.1) is 29.6 Å². The van der Waals surface area contributed by atoms with Crippen molar-refractivity contribution >= 4 is 28.4 Å². The van der Waals surface area contributed by atoms with E-state index in [1.807, 2.05) is 63.5 Å². The zero-order valence-electron chi connectivity index (χ0n) is 22.9. The van der Waals surface area contributed by atoms with Crippen molar-refractivity contribution < 1.29 is 29.3 Å². The minimum absolute atomic E-state index is 0.00466. The first-order valence-electron chi connectivity index (χ1n) is 13.4. The number of aliphatic hydroxyl groups excluding tert-OH is 2. The Labute approximate surface area is 219 Å². The third-order valence-electron chi connectivity index (χ3n) is 8.38. The van der Waals surface area contributed by atoms with E-state index in [1.165, 1.54) is 0 Å². The highest BCUT2D eigenvalue weighted by atomic mass is 16.5. The number of ketones is 2. The highest BCUT2D eigenvalue weighted by Crippen LogP contribution is 2.51. The van der Waals surface area contributed by atoms with Crippen molar-refractivity contribution in [3.63, 3.8) is 0 Å². The number of para-hydroxylation sites is 1. The summed E-state index contributed by atoms with van der Waals surface area (Å²) < 4.78 is 7.08. The van der Waals surface area contributed by atoms with E-state index >= 15 is 0 Å². The SMILES string of the molecule is CCOC(=O)Cn1c(C)c(C([C@H]2C(=O)CC(C)(C)C[C@H]2O)[C@@H]2C(=O)CC(C)(C)C[C@@H]2O)c2ccccc21. The molecule has 1 heterocycles. The molecule has 7 heteroatoms. The van der Waals surface area contributed by atoms with Crippen LogP contribution in [-0.4, -0.2) is 51.1 Å². The molecule has 0 radical (unpaired) electrons. The Morgan fingerprint density at radius 3 is 2.00 bits per heavy atom. The lowest BCUT2D eigenvalue weighted by atomic mass is 9.58. The summed E-state index contributed by atoms with van der Waals surface area (Å²) in [5, 5.41) is 23.6. The largest absolute Gasteiger partial charge is 0.465 e. The lowest BCUT2D eigenvalue weighted by Crippen LogP contribution is -2.51. The summed E-state index contributed by atoms with van der Waals surface area (Å²) in [5.41, 5.74) is 1.61. The molecular weight excluding hydrogens is 470 g/mol. The van der Waals surface area contributed by atoms with Gasteiger partial charge in [-0.25, -0.2) is 0 Å². The van der Waals surface area contributed by atoms with Gasteiger partial charge < -0.3 is 19.5 Å². The van der Waals surface area contributed by atoms with Crippen molar-refractivity contribution in [3.05, 3.63) is 35.5 Å². The zero-order valence-corrected chi connectivity index (χ0v) is 22.9. The number of hydrogen-bond acceptors (Lipinski definition) is 6. The van der Waals surface area contributed by atoms with Crippen molar-refractivity contribution in [1.82, 2.24) is 4.57 Å². The van der Waals surface area contributed by atoms with Gasteiger partial charge in [0.15, 0.2) is 0 Å². The monoisotopic (exact) mass is 511 g/mol. The molecule has 37 heavy (non-hydrogen) atoms. The molecule has 1 aromatic heterocycles. The first-order chi connectivity index (χ1) is 17.3. The van der Waals surface area contributed by atoms with Crippen LogP contribution in [0.25, 0.3) is 10.9 Å². The molecule has 0 aliphatic heterocycles. The number of aromatic nitrogens is 1. The standard InChI is InChI=1S/C30H41NO6/c1-7-37-24(36)16-31-17(2)25(18-10-8-9-11-19(18)31)28(26-20(32)12-29(3,4)13-21(26)33)27-22(34)14-30(5,6)15-23(27)35/h8-11,20,22,26-28,32,34H,7,12-16H2,1-6H3/t20-,22+,26-,27+,28?. The maximum absolute atomic E-state index is 13.7. The van der Waals surface area contributed by atoms with Crippen molar-refractivity contribution in [3.8, 4) is 0 Å². The molecule has 2 aliphatic carbocycles. The van der Waals surface area contributed by atoms with Crippen LogP contribution in [0.1, 0.15) is 77.5 Å². The van der Waals surface area contributed by atoms with E-state index in [0.717, 1.165) is 22.2 Å². The Kier molecular flexibility index (Phi) is 7.43. The number of hydrogen-bond donors (Lipinski definition) is 2. The van der Waals surface area contributed by atoms with Crippen LogP contribution in [-0.2, 0) is 25.7 Å². The maximum atomic E-state index is 13.7. The van der Waals surface area contributed by atoms with Crippen LogP contribution in [0.4, 0.5) is 0 Å². The summed E-state index contributed by atoms with van der Waals surface area (Å²) in [6.07, 6.45) is -0.417. The molecule has 1 aromatic carbocycles. The van der Waals surface area contributed by atoms with E-state index in [2.05, 4.69) is 0 Å². The predicted molar refractivity (Wildman–Crippen MR) is 141 cm³/mol. The normalized spacial score (nSPS) is 28.3. The first-order valence-corrected chi connectivity index (χ1v) is 13.4. The lowest BCUT2D eigenvalue weighted by molar-refractivity contribution is -0.145. The number of Topliss-reactive ketones (excluding diaryl/α,β-unsaturated/α-hetero) is 2. The van der Waals surface area contributed by atoms with Crippen LogP contribution >= 0.6 is 0 Å². The van der Waals surface area contributed by atoms with Crippen LogP contribution in [0.5, 0.6) is 0 Å². The summed E-state index contributed by atoms with van der Waals surface area (Å²) in [7, 11) is 0. The molecule has 0 spiro atoms. The molecule has 2 aliphatic rings. The molecule has 2 aromatic rings. The molecule has 2 N–H and O–H groups in total. The molecule has 4 rings (SSSR count). The third kappa shape index (κ3) is 5.26. The van der Waals surface area contributed by atoms with Gasteiger partial charge >= 0.3 is 5.97 Å². The van der Waals surface area contributed by atoms with E-state index in [0.29, 0.717) is 25.7 Å². The number of fused-ring (bicyclic) bond motifs is 1. The van der Waals surface area contributed by atoms with Gasteiger partial charge in [0.1, 0.15) is 18.1 Å². The molecule has 2 fully saturated rings. The molecule has 2 saturated carbocycles. The molecule has 0 bridgehead atoms. The highest BCUT2D eigenvalue weighted by molar-refractivity contribution is 5.93. The Hall–Kier alpha value is -2.51. The number of benzene rings is 1. The molecule has 0 amide bonds. The number of aliphatic hydroxyl groups is 2. The third-order valence-corrected chi connectivity index (χ3v) is 8.38. The van der Waals surface area contributed by atoms with Gasteiger partial charge in [-0.1, -0.05) is 45.9 Å². The second-order valence-electron chi connectivity index (χ2n) is 12.6. The quantitative estimate of drug-likeness (QED) is 0.560. The number of esters is 1. The van der Waals surface area contributed by atoms with Gasteiger partial charge in [0.25, 0.3) is 0 Å². The number of nitrogens with zero attached hydrogens (tertiary/aromatic N) is 1. The van der Waals surface area contributed by atoms with Crippen molar-refractivity contribution in [2.45, 2.75) is 91.9 Å². The lowest BCUT2D eigenvalue weighted by Gasteiger charge is -2.46. The van der Waals surface area contributed by atoms with Gasteiger partial charge in [-0.2, -0.15) is 0 Å². The van der Waals surface area contributed by atoms with Crippen LogP contribution in [0.15, 0.2) is 24.3 Å². The van der Waals surface area contributed by atoms with Gasteiger partial charge in [0, 0.05) is 35.4 Å². The molecule has 1 unspecified atom stereocenters. The average Bonchev–Trinajstić information content (AvgIpc) is 3.01. The maximum Gasteiger partial charge on any atom is 0.325 e. The second kappa shape index (κ2) is 9.99. The summed E-state index contributed by atoms with van der Waals surface area (Å²) in [6.45, 7) is 11.8. The first kappa shape index (κ1) is 27.5. The second-order valence-corrected chi connectivity index (χ2v) is 12.6. The molecule has 5 atom stereocenters. The molecule has 7 nitrogen and oxygen atoms in total. The van der Waals surface area contributed by atoms with Gasteiger partial charge in [-0.3, -0.25) is 14.4 Å². The minimum atomic E-state index is -0.942. The minimum Gasteiger partial charge on any atom is -0.465 e.